The summed E-state index contributed by atoms with van der Waals surface area (Å²) in [7, 11) is 0. The molecule has 0 aromatic heterocycles. The van der Waals surface area contributed by atoms with Gasteiger partial charge >= 0.3 is 0 Å². The van der Waals surface area contributed by atoms with Crippen molar-refractivity contribution in [1.82, 2.24) is 5.32 Å². The predicted octanol–water partition coefficient (Wildman–Crippen LogP) is 2.85. The van der Waals surface area contributed by atoms with E-state index < -0.39 is 0 Å². The molecule has 1 aromatic rings. The number of aryl methyl sites for hydroxylation is 1. The maximum atomic E-state index is 6.04. The van der Waals surface area contributed by atoms with Gasteiger partial charge in [0.15, 0.2) is 0 Å². The predicted molar refractivity (Wildman–Crippen MR) is 56.1 cm³/mol. The maximum absolute atomic E-state index is 6.04. The van der Waals surface area contributed by atoms with Crippen molar-refractivity contribution < 1.29 is 0 Å². The molecule has 1 nitrogen and oxygen atoms in total. The van der Waals surface area contributed by atoms with Crippen LogP contribution < -0.4 is 5.32 Å². The van der Waals surface area contributed by atoms with Crippen LogP contribution in [0, 0.1) is 6.92 Å². The van der Waals surface area contributed by atoms with E-state index in [1.807, 2.05) is 13.0 Å². The first-order valence-electron chi connectivity index (χ1n) is 4.43. The Balaban J connectivity index is 2.30. The average molecular weight is 194 g/mol. The van der Waals surface area contributed by atoms with Gasteiger partial charge in [-0.1, -0.05) is 35.9 Å². The van der Waals surface area contributed by atoms with Gasteiger partial charge < -0.3 is 5.32 Å². The first-order chi connectivity index (χ1) is 6.27. The fraction of sp³-hybridized carbons (Fsp3) is 0.273. The van der Waals surface area contributed by atoms with E-state index in [4.69, 9.17) is 11.6 Å². The van der Waals surface area contributed by atoms with E-state index in [-0.39, 0.29) is 0 Å². The van der Waals surface area contributed by atoms with Crippen molar-refractivity contribution in [3.8, 4) is 0 Å². The van der Waals surface area contributed by atoms with Gasteiger partial charge in [-0.15, -0.1) is 0 Å². The molecule has 1 atom stereocenters. The molecule has 0 saturated heterocycles. The second-order valence-corrected chi connectivity index (χ2v) is 3.73. The molecule has 0 bridgehead atoms. The van der Waals surface area contributed by atoms with Crippen LogP contribution in [0.15, 0.2) is 30.4 Å². The lowest BCUT2D eigenvalue weighted by Gasteiger charge is -2.10. The third kappa shape index (κ3) is 1.77. The minimum absolute atomic E-state index is 0.345. The maximum Gasteiger partial charge on any atom is 0.0509 e. The quantitative estimate of drug-likeness (QED) is 0.677. The highest BCUT2D eigenvalue weighted by molar-refractivity contribution is 6.31. The summed E-state index contributed by atoms with van der Waals surface area (Å²) in [5, 5.41) is 4.20. The Kier molecular flexibility index (Phi) is 2.38. The van der Waals surface area contributed by atoms with Crippen molar-refractivity contribution in [1.29, 1.82) is 0 Å². The zero-order chi connectivity index (χ0) is 9.26. The fourth-order valence-electron chi connectivity index (χ4n) is 1.50. The minimum atomic E-state index is 0.345. The van der Waals surface area contributed by atoms with Gasteiger partial charge in [-0.2, -0.15) is 0 Å². The lowest BCUT2D eigenvalue weighted by atomic mass is 10.1. The van der Waals surface area contributed by atoms with Crippen molar-refractivity contribution in [2.75, 3.05) is 6.54 Å². The van der Waals surface area contributed by atoms with E-state index in [0.29, 0.717) is 6.04 Å². The van der Waals surface area contributed by atoms with Crippen LogP contribution in [-0.2, 0) is 0 Å². The normalized spacial score (nSPS) is 20.9. The summed E-state index contributed by atoms with van der Waals surface area (Å²) in [5.74, 6) is 0. The largest absolute Gasteiger partial charge is 0.303 e. The van der Waals surface area contributed by atoms with Gasteiger partial charge in [0.05, 0.1) is 6.04 Å². The van der Waals surface area contributed by atoms with E-state index in [1.54, 1.807) is 0 Å². The minimum Gasteiger partial charge on any atom is -0.303 e. The fourth-order valence-corrected chi connectivity index (χ4v) is 1.69. The third-order valence-corrected chi connectivity index (χ3v) is 2.75. The summed E-state index contributed by atoms with van der Waals surface area (Å²) >= 11 is 6.04. The summed E-state index contributed by atoms with van der Waals surface area (Å²) in [5.41, 5.74) is 2.37. The summed E-state index contributed by atoms with van der Waals surface area (Å²) in [6.45, 7) is 2.97. The number of nitrogens with one attached hydrogen (secondary N) is 1. The molecule has 0 saturated carbocycles. The van der Waals surface area contributed by atoms with Crippen LogP contribution in [0.25, 0.3) is 0 Å². The summed E-state index contributed by atoms with van der Waals surface area (Å²) < 4.78 is 0. The Morgan fingerprint density at radius 1 is 1.46 bits per heavy atom. The van der Waals surface area contributed by atoms with Gasteiger partial charge in [0.2, 0.25) is 0 Å². The molecule has 1 N–H and O–H groups in total. The van der Waals surface area contributed by atoms with E-state index in [1.165, 1.54) is 5.56 Å². The first-order valence-corrected chi connectivity index (χ1v) is 4.81. The molecule has 0 amide bonds. The average Bonchev–Trinajstić information content (AvgIpc) is 2.62. The van der Waals surface area contributed by atoms with Crippen molar-refractivity contribution in [2.45, 2.75) is 13.0 Å². The second-order valence-electron chi connectivity index (χ2n) is 3.32. The number of halogens is 1. The van der Waals surface area contributed by atoms with Crippen molar-refractivity contribution in [3.05, 3.63) is 46.5 Å². The lowest BCUT2D eigenvalue weighted by Crippen LogP contribution is -2.13. The van der Waals surface area contributed by atoms with Crippen LogP contribution in [-0.4, -0.2) is 6.54 Å². The molecular weight excluding hydrogens is 182 g/mol. The molecular formula is C11H12ClN. The van der Waals surface area contributed by atoms with Gasteiger partial charge in [0.1, 0.15) is 0 Å². The smallest absolute Gasteiger partial charge is 0.0509 e. The molecule has 2 heteroatoms. The topological polar surface area (TPSA) is 12.0 Å². The summed E-state index contributed by atoms with van der Waals surface area (Å²) in [6.07, 6.45) is 4.30. The molecule has 0 aliphatic carbocycles. The van der Waals surface area contributed by atoms with Crippen LogP contribution in [0.3, 0.4) is 0 Å². The summed E-state index contributed by atoms with van der Waals surface area (Å²) in [4.78, 5) is 0. The molecule has 0 radical (unpaired) electrons. The monoisotopic (exact) mass is 193 g/mol. The molecule has 1 aromatic carbocycles. The number of rotatable bonds is 1. The zero-order valence-corrected chi connectivity index (χ0v) is 8.31. The molecule has 2 rings (SSSR count). The highest BCUT2D eigenvalue weighted by atomic mass is 35.5. The molecule has 1 heterocycles. The Hall–Kier alpha value is -0.790. The number of hydrogen-bond acceptors (Lipinski definition) is 1. The van der Waals surface area contributed by atoms with Crippen molar-refractivity contribution >= 4 is 11.6 Å². The Morgan fingerprint density at radius 3 is 2.92 bits per heavy atom. The SMILES string of the molecule is Cc1ccc(C2C=CCN2)cc1Cl. The van der Waals surface area contributed by atoms with Gasteiger partial charge in [-0.25, -0.2) is 0 Å². The molecule has 0 spiro atoms. The molecule has 1 aliphatic heterocycles. The van der Waals surface area contributed by atoms with Gasteiger partial charge in [-0.3, -0.25) is 0 Å². The van der Waals surface area contributed by atoms with Gasteiger partial charge in [0, 0.05) is 11.6 Å². The Labute approximate surface area is 83.4 Å². The highest BCUT2D eigenvalue weighted by Gasteiger charge is 2.10. The molecule has 68 valence electrons. The van der Waals surface area contributed by atoms with Crippen LogP contribution in [0.5, 0.6) is 0 Å². The third-order valence-electron chi connectivity index (χ3n) is 2.34. The number of benzene rings is 1. The van der Waals surface area contributed by atoms with Crippen molar-refractivity contribution in [3.63, 3.8) is 0 Å². The van der Waals surface area contributed by atoms with Crippen LogP contribution in [0.4, 0.5) is 0 Å². The molecule has 1 aliphatic rings. The van der Waals surface area contributed by atoms with E-state index in [9.17, 15) is 0 Å². The zero-order valence-electron chi connectivity index (χ0n) is 7.55. The summed E-state index contributed by atoms with van der Waals surface area (Å²) in [6, 6.07) is 6.56. The van der Waals surface area contributed by atoms with Gasteiger partial charge in [-0.05, 0) is 24.1 Å². The van der Waals surface area contributed by atoms with E-state index in [0.717, 1.165) is 17.1 Å². The Morgan fingerprint density at radius 2 is 2.31 bits per heavy atom. The van der Waals surface area contributed by atoms with E-state index >= 15 is 0 Å². The van der Waals surface area contributed by atoms with E-state index in [2.05, 4.69) is 29.6 Å². The van der Waals surface area contributed by atoms with Gasteiger partial charge in [0.25, 0.3) is 0 Å². The lowest BCUT2D eigenvalue weighted by molar-refractivity contribution is 0.713. The van der Waals surface area contributed by atoms with Crippen molar-refractivity contribution in [2.24, 2.45) is 0 Å². The molecule has 13 heavy (non-hydrogen) atoms. The molecule has 0 fully saturated rings. The van der Waals surface area contributed by atoms with Crippen LogP contribution in [0.2, 0.25) is 5.02 Å². The standard InChI is InChI=1S/C11H12ClN/c1-8-4-5-9(7-10(8)12)11-3-2-6-13-11/h2-5,7,11,13H,6H2,1H3. The first kappa shape index (κ1) is 8.79. The Bertz CT molecular complexity index is 344. The highest BCUT2D eigenvalue weighted by Crippen LogP contribution is 2.23. The van der Waals surface area contributed by atoms with Crippen LogP contribution in [0.1, 0.15) is 17.2 Å². The second kappa shape index (κ2) is 3.52. The number of hydrogen-bond donors (Lipinski definition) is 1. The molecule has 1 unspecified atom stereocenters. The van der Waals surface area contributed by atoms with Crippen LogP contribution >= 0.6 is 11.6 Å².